The van der Waals surface area contributed by atoms with Crippen LogP contribution in [0.5, 0.6) is 0 Å². The summed E-state index contributed by atoms with van der Waals surface area (Å²) in [5, 5.41) is 2.81. The zero-order chi connectivity index (χ0) is 6.85. The van der Waals surface area contributed by atoms with E-state index >= 15 is 0 Å². The number of ketones is 1. The first-order valence-electron chi connectivity index (χ1n) is 3.00. The van der Waals surface area contributed by atoms with E-state index in [1.54, 1.807) is 0 Å². The molecule has 1 heterocycles. The van der Waals surface area contributed by atoms with Crippen molar-refractivity contribution in [1.29, 1.82) is 0 Å². The molecule has 1 saturated heterocycles. The van der Waals surface area contributed by atoms with Crippen LogP contribution >= 0.6 is 0 Å². The number of Topliss-reactive ketones (excluding diaryl/α,β-unsaturated/α-hetero) is 1. The predicted molar refractivity (Wildman–Crippen MR) is 33.6 cm³/mol. The Labute approximate surface area is 53.6 Å². The molecule has 0 saturated carbocycles. The largest absolute Gasteiger partial charge is 0.321 e. The number of nitrogens with one attached hydrogen (secondary N) is 1. The molecule has 0 aromatic rings. The van der Waals surface area contributed by atoms with Crippen molar-refractivity contribution in [2.75, 3.05) is 6.54 Å². The fourth-order valence-electron chi connectivity index (χ4n) is 0.868. The van der Waals surface area contributed by atoms with Crippen molar-refractivity contribution in [2.24, 2.45) is 11.5 Å². The Balaban J connectivity index is 2.52. The minimum Gasteiger partial charge on any atom is -0.321 e. The van der Waals surface area contributed by atoms with Crippen molar-refractivity contribution in [1.82, 2.24) is 5.32 Å². The van der Waals surface area contributed by atoms with Gasteiger partial charge in [-0.2, -0.15) is 0 Å². The summed E-state index contributed by atoms with van der Waals surface area (Å²) in [4.78, 5) is 10.8. The quantitative estimate of drug-likeness (QED) is 0.359. The van der Waals surface area contributed by atoms with Gasteiger partial charge in [0.15, 0.2) is 5.78 Å². The number of hydrogen-bond acceptors (Lipinski definition) is 4. The van der Waals surface area contributed by atoms with Crippen LogP contribution in [0.25, 0.3) is 0 Å². The van der Waals surface area contributed by atoms with Gasteiger partial charge in [0.05, 0.1) is 6.04 Å². The topological polar surface area (TPSA) is 81.1 Å². The Morgan fingerprint density at radius 3 is 2.67 bits per heavy atom. The van der Waals surface area contributed by atoms with Crippen LogP contribution in [-0.4, -0.2) is 24.5 Å². The first-order valence-corrected chi connectivity index (χ1v) is 3.00. The van der Waals surface area contributed by atoms with Crippen LogP contribution in [0.3, 0.4) is 0 Å². The van der Waals surface area contributed by atoms with Crippen molar-refractivity contribution < 1.29 is 4.79 Å². The maximum Gasteiger partial charge on any atom is 0.180 e. The van der Waals surface area contributed by atoms with E-state index < -0.39 is 6.17 Å². The molecule has 52 valence electrons. The van der Waals surface area contributed by atoms with Gasteiger partial charge in [-0.15, -0.1) is 0 Å². The van der Waals surface area contributed by atoms with Crippen LogP contribution in [-0.2, 0) is 4.79 Å². The molecular formula is C5H11N3O. The van der Waals surface area contributed by atoms with Crippen molar-refractivity contribution in [3.8, 4) is 0 Å². The molecule has 2 atom stereocenters. The number of hydrogen-bond donors (Lipinski definition) is 3. The Hall–Kier alpha value is -0.450. The maximum atomic E-state index is 10.8. The third-order valence-corrected chi connectivity index (χ3v) is 1.49. The highest BCUT2D eigenvalue weighted by Gasteiger charge is 2.24. The molecule has 1 rings (SSSR count). The van der Waals surface area contributed by atoms with E-state index in [9.17, 15) is 4.79 Å². The second-order valence-corrected chi connectivity index (χ2v) is 2.23. The molecule has 0 radical (unpaired) electrons. The monoisotopic (exact) mass is 129 g/mol. The fraction of sp³-hybridized carbons (Fsp3) is 0.800. The van der Waals surface area contributed by atoms with E-state index in [1.165, 1.54) is 0 Å². The van der Waals surface area contributed by atoms with Crippen LogP contribution in [0.4, 0.5) is 0 Å². The molecular weight excluding hydrogens is 118 g/mol. The molecule has 4 nitrogen and oxygen atoms in total. The van der Waals surface area contributed by atoms with E-state index in [0.717, 1.165) is 6.54 Å². The molecule has 0 bridgehead atoms. The molecule has 5 N–H and O–H groups in total. The van der Waals surface area contributed by atoms with Gasteiger partial charge in [0, 0.05) is 0 Å². The van der Waals surface area contributed by atoms with E-state index in [1.807, 2.05) is 0 Å². The molecule has 1 fully saturated rings. The molecule has 4 heteroatoms. The minimum atomic E-state index is -0.534. The summed E-state index contributed by atoms with van der Waals surface area (Å²) in [5.74, 6) is -0.0822. The third kappa shape index (κ3) is 1.27. The second kappa shape index (κ2) is 2.43. The lowest BCUT2D eigenvalue weighted by molar-refractivity contribution is -0.123. The van der Waals surface area contributed by atoms with E-state index in [0.29, 0.717) is 6.42 Å². The number of carbonyl (C=O) groups excluding carboxylic acids is 1. The van der Waals surface area contributed by atoms with Crippen LogP contribution in [0.2, 0.25) is 0 Å². The smallest absolute Gasteiger partial charge is 0.180 e. The van der Waals surface area contributed by atoms with E-state index in [-0.39, 0.29) is 11.8 Å². The zero-order valence-corrected chi connectivity index (χ0v) is 5.13. The summed E-state index contributed by atoms with van der Waals surface area (Å²) in [6.07, 6.45) is 0.167. The number of nitrogens with two attached hydrogens (primary N) is 2. The highest BCUT2D eigenvalue weighted by atomic mass is 16.1. The highest BCUT2D eigenvalue weighted by molar-refractivity contribution is 5.88. The number of rotatable bonds is 0. The van der Waals surface area contributed by atoms with Gasteiger partial charge in [-0.25, -0.2) is 0 Å². The van der Waals surface area contributed by atoms with Crippen LogP contribution in [0.15, 0.2) is 0 Å². The molecule has 1 aliphatic heterocycles. The van der Waals surface area contributed by atoms with Gasteiger partial charge in [0.2, 0.25) is 0 Å². The standard InChI is InChI=1S/C5H11N3O/c6-3-1-2-8-5(7)4(3)9/h3,5,8H,1-2,6-7H2. The molecule has 0 spiro atoms. The van der Waals surface area contributed by atoms with Gasteiger partial charge in [-0.05, 0) is 13.0 Å². The maximum absolute atomic E-state index is 10.8. The first kappa shape index (κ1) is 6.67. The normalized spacial score (nSPS) is 36.9. The van der Waals surface area contributed by atoms with Crippen LogP contribution < -0.4 is 16.8 Å². The summed E-state index contributed by atoms with van der Waals surface area (Å²) >= 11 is 0. The predicted octanol–water partition coefficient (Wildman–Crippen LogP) is -1.84. The van der Waals surface area contributed by atoms with Crippen molar-refractivity contribution in [3.05, 3.63) is 0 Å². The molecule has 1 aliphatic rings. The Morgan fingerprint density at radius 1 is 1.56 bits per heavy atom. The van der Waals surface area contributed by atoms with Gasteiger partial charge in [0.25, 0.3) is 0 Å². The average molecular weight is 129 g/mol. The molecule has 2 unspecified atom stereocenters. The first-order chi connectivity index (χ1) is 4.22. The number of piperidine rings is 1. The Morgan fingerprint density at radius 2 is 2.22 bits per heavy atom. The minimum absolute atomic E-state index is 0.0822. The second-order valence-electron chi connectivity index (χ2n) is 2.23. The Bertz CT molecular complexity index is 113. The molecule has 9 heavy (non-hydrogen) atoms. The summed E-state index contributed by atoms with van der Waals surface area (Å²) in [6, 6.07) is -0.346. The fourth-order valence-corrected chi connectivity index (χ4v) is 0.868. The van der Waals surface area contributed by atoms with Crippen molar-refractivity contribution >= 4 is 5.78 Å². The molecule has 0 amide bonds. The van der Waals surface area contributed by atoms with Crippen LogP contribution in [0, 0.1) is 0 Å². The van der Waals surface area contributed by atoms with Gasteiger partial charge < -0.3 is 11.5 Å². The SMILES string of the molecule is NC1CCNC(N)C1=O. The molecule has 0 aromatic heterocycles. The van der Waals surface area contributed by atoms with E-state index in [2.05, 4.69) is 5.32 Å². The van der Waals surface area contributed by atoms with Gasteiger partial charge in [-0.3, -0.25) is 10.1 Å². The van der Waals surface area contributed by atoms with Gasteiger partial charge in [0.1, 0.15) is 6.17 Å². The van der Waals surface area contributed by atoms with Crippen LogP contribution in [0.1, 0.15) is 6.42 Å². The number of carbonyl (C=O) groups is 1. The lowest BCUT2D eigenvalue weighted by Gasteiger charge is -2.22. The summed E-state index contributed by atoms with van der Waals surface area (Å²) < 4.78 is 0. The van der Waals surface area contributed by atoms with Gasteiger partial charge in [-0.1, -0.05) is 0 Å². The lowest BCUT2D eigenvalue weighted by Crippen LogP contribution is -2.56. The zero-order valence-electron chi connectivity index (χ0n) is 5.13. The third-order valence-electron chi connectivity index (χ3n) is 1.49. The van der Waals surface area contributed by atoms with Gasteiger partial charge >= 0.3 is 0 Å². The average Bonchev–Trinajstić information content (AvgIpc) is 1.83. The summed E-state index contributed by atoms with van der Waals surface area (Å²) in [7, 11) is 0. The molecule has 0 aromatic carbocycles. The van der Waals surface area contributed by atoms with Crippen molar-refractivity contribution in [2.45, 2.75) is 18.6 Å². The van der Waals surface area contributed by atoms with E-state index in [4.69, 9.17) is 11.5 Å². The summed E-state index contributed by atoms with van der Waals surface area (Å²) in [6.45, 7) is 0.744. The Kier molecular flexibility index (Phi) is 1.80. The highest BCUT2D eigenvalue weighted by Crippen LogP contribution is 1.96. The molecule has 0 aliphatic carbocycles. The van der Waals surface area contributed by atoms with Crippen molar-refractivity contribution in [3.63, 3.8) is 0 Å². The summed E-state index contributed by atoms with van der Waals surface area (Å²) in [5.41, 5.74) is 10.7. The lowest BCUT2D eigenvalue weighted by atomic mass is 10.0.